The van der Waals surface area contributed by atoms with Crippen LogP contribution in [0.1, 0.15) is 0 Å². The Bertz CT molecular complexity index is 383. The molecule has 0 N–H and O–H groups in total. The van der Waals surface area contributed by atoms with Crippen LogP contribution >= 0.6 is 11.6 Å². The first-order chi connectivity index (χ1) is 5.70. The van der Waals surface area contributed by atoms with Crippen LogP contribution in [-0.2, 0) is 24.4 Å². The molecule has 0 unspecified atom stereocenters. The van der Waals surface area contributed by atoms with Crippen molar-refractivity contribution in [3.63, 3.8) is 0 Å². The van der Waals surface area contributed by atoms with Gasteiger partial charge in [-0.15, -0.1) is 11.6 Å². The Balaban J connectivity index is 2.76. The minimum Gasteiger partial charge on any atom is -0.726 e. The quantitative estimate of drug-likeness (QED) is 0.349. The van der Waals surface area contributed by atoms with Gasteiger partial charge in [0.1, 0.15) is 6.10 Å². The molecule has 0 bridgehead atoms. The summed E-state index contributed by atoms with van der Waals surface area (Å²) in [5.74, 6) is -0.891. The maximum atomic E-state index is 10.9. The Kier molecular flexibility index (Phi) is 2.89. The number of alkyl halides is 1. The van der Waals surface area contributed by atoms with Crippen LogP contribution in [0.15, 0.2) is 0 Å². The molecule has 0 aromatic heterocycles. The summed E-state index contributed by atoms with van der Waals surface area (Å²) in [6, 6.07) is 0. The summed E-state index contributed by atoms with van der Waals surface area (Å²) >= 11 is 5.46. The van der Waals surface area contributed by atoms with Gasteiger partial charge >= 0.3 is 0 Å². The van der Waals surface area contributed by atoms with E-state index < -0.39 is 37.5 Å². The lowest BCUT2D eigenvalue weighted by molar-refractivity contribution is 0.201. The van der Waals surface area contributed by atoms with Gasteiger partial charge in [-0.3, -0.25) is 4.18 Å². The summed E-state index contributed by atoms with van der Waals surface area (Å²) in [6.45, 7) is 0. The molecule has 6 nitrogen and oxygen atoms in total. The molecule has 1 rings (SSSR count). The molecule has 0 radical (unpaired) electrons. The van der Waals surface area contributed by atoms with E-state index in [9.17, 15) is 21.4 Å². The van der Waals surface area contributed by atoms with Crippen molar-refractivity contribution in [1.82, 2.24) is 0 Å². The van der Waals surface area contributed by atoms with Gasteiger partial charge in [0, 0.05) is 0 Å². The maximum Gasteiger partial charge on any atom is 0.217 e. The second-order valence-electron chi connectivity index (χ2n) is 2.64. The smallest absolute Gasteiger partial charge is 0.217 e. The predicted molar refractivity (Wildman–Crippen MR) is 42.9 cm³/mol. The zero-order valence-corrected chi connectivity index (χ0v) is 8.60. The number of halogens is 1. The predicted octanol–water partition coefficient (Wildman–Crippen LogP) is -1.13. The lowest BCUT2D eigenvalue weighted by atomic mass is 10.3. The van der Waals surface area contributed by atoms with E-state index in [1.165, 1.54) is 0 Å². The Morgan fingerprint density at radius 1 is 1.38 bits per heavy atom. The molecule has 1 aliphatic rings. The first-order valence-electron chi connectivity index (χ1n) is 3.18. The van der Waals surface area contributed by atoms with Gasteiger partial charge in [-0.2, -0.15) is 0 Å². The first kappa shape index (κ1) is 11.2. The van der Waals surface area contributed by atoms with Crippen LogP contribution in [0.4, 0.5) is 0 Å². The van der Waals surface area contributed by atoms with Gasteiger partial charge < -0.3 is 4.55 Å². The van der Waals surface area contributed by atoms with E-state index >= 15 is 0 Å². The SMILES string of the molecule is O=S1(=O)C[C@@H](Cl)[C@H](OS(=O)(=O)[O-])C1. The van der Waals surface area contributed by atoms with Gasteiger partial charge in [0.25, 0.3) is 0 Å². The first-order valence-corrected chi connectivity index (χ1v) is 6.77. The zero-order chi connectivity index (χ0) is 10.3. The molecule has 0 aliphatic carbocycles. The molecule has 1 fully saturated rings. The van der Waals surface area contributed by atoms with Gasteiger partial charge in [-0.25, -0.2) is 16.8 Å². The molecule has 0 aromatic carbocycles. The third-order valence-electron chi connectivity index (χ3n) is 1.48. The van der Waals surface area contributed by atoms with E-state index in [1.807, 2.05) is 0 Å². The van der Waals surface area contributed by atoms with Gasteiger partial charge in [-0.1, -0.05) is 0 Å². The molecule has 9 heteroatoms. The number of rotatable bonds is 2. The fourth-order valence-corrected chi connectivity index (χ4v) is 4.12. The van der Waals surface area contributed by atoms with Crippen molar-refractivity contribution in [2.45, 2.75) is 11.5 Å². The highest BCUT2D eigenvalue weighted by Gasteiger charge is 2.38. The summed E-state index contributed by atoms with van der Waals surface area (Å²) < 4.78 is 56.0. The van der Waals surface area contributed by atoms with E-state index in [1.54, 1.807) is 0 Å². The highest BCUT2D eigenvalue weighted by atomic mass is 35.5. The average Bonchev–Trinajstić information content (AvgIpc) is 2.00. The average molecular weight is 250 g/mol. The standard InChI is InChI=1S/C4H7ClO6S2/c5-3-1-12(6,7)2-4(3)11-13(8,9)10/h3-4H,1-2H2,(H,8,9,10)/p-1/t3-,4-/m1/s1. The van der Waals surface area contributed by atoms with E-state index in [2.05, 4.69) is 4.18 Å². The van der Waals surface area contributed by atoms with Crippen molar-refractivity contribution in [2.24, 2.45) is 0 Å². The van der Waals surface area contributed by atoms with Crippen molar-refractivity contribution in [3.05, 3.63) is 0 Å². The minimum atomic E-state index is -4.89. The highest BCUT2D eigenvalue weighted by molar-refractivity contribution is 7.91. The topological polar surface area (TPSA) is 101 Å². The Hall–Kier alpha value is 0.110. The fraction of sp³-hybridized carbons (Fsp3) is 1.00. The molecule has 1 saturated heterocycles. The second kappa shape index (κ2) is 3.35. The van der Waals surface area contributed by atoms with Crippen LogP contribution < -0.4 is 0 Å². The van der Waals surface area contributed by atoms with Gasteiger partial charge in [0.2, 0.25) is 10.4 Å². The monoisotopic (exact) mass is 249 g/mol. The molecule has 0 amide bonds. The molecule has 78 valence electrons. The molecular formula is C4H6ClO6S2-. The molecule has 0 spiro atoms. The van der Waals surface area contributed by atoms with Crippen molar-refractivity contribution < 1.29 is 25.6 Å². The number of hydrogen-bond donors (Lipinski definition) is 0. The minimum absolute atomic E-state index is 0.366. The van der Waals surface area contributed by atoms with Gasteiger partial charge in [0.05, 0.1) is 16.9 Å². The molecule has 0 saturated carbocycles. The van der Waals surface area contributed by atoms with E-state index in [0.717, 1.165) is 0 Å². The Labute approximate surface area is 80.7 Å². The molecular weight excluding hydrogens is 244 g/mol. The molecule has 2 atom stereocenters. The van der Waals surface area contributed by atoms with E-state index in [0.29, 0.717) is 0 Å². The Morgan fingerprint density at radius 2 is 1.92 bits per heavy atom. The summed E-state index contributed by atoms with van der Waals surface area (Å²) in [7, 11) is -8.27. The maximum absolute atomic E-state index is 10.9. The van der Waals surface area contributed by atoms with Gasteiger partial charge in [0.15, 0.2) is 9.84 Å². The molecule has 13 heavy (non-hydrogen) atoms. The molecule has 1 heterocycles. The van der Waals surface area contributed by atoms with Crippen LogP contribution in [0.2, 0.25) is 0 Å². The lowest BCUT2D eigenvalue weighted by Crippen LogP contribution is -2.25. The highest BCUT2D eigenvalue weighted by Crippen LogP contribution is 2.21. The Morgan fingerprint density at radius 3 is 2.23 bits per heavy atom. The zero-order valence-electron chi connectivity index (χ0n) is 6.21. The van der Waals surface area contributed by atoms with Crippen LogP contribution in [0.25, 0.3) is 0 Å². The van der Waals surface area contributed by atoms with Crippen molar-refractivity contribution in [3.8, 4) is 0 Å². The number of sulfone groups is 1. The van der Waals surface area contributed by atoms with Crippen molar-refractivity contribution in [2.75, 3.05) is 11.5 Å². The number of hydrogen-bond acceptors (Lipinski definition) is 6. The fourth-order valence-electron chi connectivity index (χ4n) is 1.01. The normalized spacial score (nSPS) is 33.4. The third-order valence-corrected chi connectivity index (χ3v) is 4.28. The largest absolute Gasteiger partial charge is 0.726 e. The van der Waals surface area contributed by atoms with Crippen molar-refractivity contribution >= 4 is 31.8 Å². The summed E-state index contributed by atoms with van der Waals surface area (Å²) in [6.07, 6.45) is -1.26. The molecule has 0 aromatic rings. The summed E-state index contributed by atoms with van der Waals surface area (Å²) in [5.41, 5.74) is 0. The summed E-state index contributed by atoms with van der Waals surface area (Å²) in [5, 5.41) is -0.978. The van der Waals surface area contributed by atoms with Gasteiger partial charge in [-0.05, 0) is 0 Å². The molecule has 1 aliphatic heterocycles. The van der Waals surface area contributed by atoms with Crippen LogP contribution in [0, 0.1) is 0 Å². The van der Waals surface area contributed by atoms with Crippen LogP contribution in [0.3, 0.4) is 0 Å². The van der Waals surface area contributed by atoms with Crippen LogP contribution in [0.5, 0.6) is 0 Å². The van der Waals surface area contributed by atoms with E-state index in [-0.39, 0.29) is 5.75 Å². The lowest BCUT2D eigenvalue weighted by Gasteiger charge is -2.14. The summed E-state index contributed by atoms with van der Waals surface area (Å²) in [4.78, 5) is 0. The van der Waals surface area contributed by atoms with Crippen LogP contribution in [-0.4, -0.2) is 44.4 Å². The van der Waals surface area contributed by atoms with Crippen molar-refractivity contribution in [1.29, 1.82) is 0 Å². The third kappa shape index (κ3) is 3.39. The second-order valence-corrected chi connectivity index (χ2v) is 6.36. The van der Waals surface area contributed by atoms with E-state index in [4.69, 9.17) is 11.6 Å².